The van der Waals surface area contributed by atoms with Crippen LogP contribution in [0.15, 0.2) is 42.5 Å². The van der Waals surface area contributed by atoms with Gasteiger partial charge in [-0.15, -0.1) is 11.3 Å². The van der Waals surface area contributed by atoms with Gasteiger partial charge >= 0.3 is 6.03 Å². The number of nitrogens with one attached hydrogen (secondary N) is 3. The van der Waals surface area contributed by atoms with Gasteiger partial charge in [-0.05, 0) is 49.5 Å². The van der Waals surface area contributed by atoms with Gasteiger partial charge in [0.15, 0.2) is 0 Å². The van der Waals surface area contributed by atoms with Crippen molar-refractivity contribution in [2.45, 2.75) is 38.3 Å². The van der Waals surface area contributed by atoms with Gasteiger partial charge in [0.1, 0.15) is 5.54 Å². The first-order chi connectivity index (χ1) is 14.4. The minimum absolute atomic E-state index is 0.0650. The van der Waals surface area contributed by atoms with Crippen LogP contribution in [0.4, 0.5) is 9.80 Å². The summed E-state index contributed by atoms with van der Waals surface area (Å²) < 4.78 is 0. The van der Waals surface area contributed by atoms with Crippen LogP contribution in [0.25, 0.3) is 0 Å². The number of anilines is 1. The molecule has 0 spiro atoms. The lowest BCUT2D eigenvalue weighted by atomic mass is 9.74. The Labute approximate surface area is 179 Å². The highest BCUT2D eigenvalue weighted by Crippen LogP contribution is 2.35. The van der Waals surface area contributed by atoms with Crippen LogP contribution < -0.4 is 16.0 Å². The van der Waals surface area contributed by atoms with E-state index in [0.717, 1.165) is 43.0 Å². The minimum Gasteiger partial charge on any atom is -0.323 e. The molecule has 2 fully saturated rings. The molecule has 0 radical (unpaired) electrons. The number of carbonyl (C=O) groups is 3. The van der Waals surface area contributed by atoms with Gasteiger partial charge in [-0.25, -0.2) is 4.79 Å². The van der Waals surface area contributed by atoms with Gasteiger partial charge in [-0.1, -0.05) is 30.3 Å². The molecule has 30 heavy (non-hydrogen) atoms. The lowest BCUT2D eigenvalue weighted by Gasteiger charge is -2.40. The fourth-order valence-corrected chi connectivity index (χ4v) is 5.48. The van der Waals surface area contributed by atoms with E-state index >= 15 is 0 Å². The molecule has 3 N–H and O–H groups in total. The summed E-state index contributed by atoms with van der Waals surface area (Å²) in [6.45, 7) is 4.05. The maximum Gasteiger partial charge on any atom is 0.322 e. The van der Waals surface area contributed by atoms with Crippen molar-refractivity contribution in [3.63, 3.8) is 0 Å². The smallest absolute Gasteiger partial charge is 0.322 e. The van der Waals surface area contributed by atoms with Crippen LogP contribution in [0.2, 0.25) is 0 Å². The van der Waals surface area contributed by atoms with Crippen LogP contribution in [-0.4, -0.2) is 41.4 Å². The van der Waals surface area contributed by atoms with Crippen LogP contribution in [0.1, 0.15) is 30.2 Å². The third-order valence-electron chi connectivity index (χ3n) is 5.92. The summed E-state index contributed by atoms with van der Waals surface area (Å²) >= 11 is 1.59. The maximum atomic E-state index is 12.8. The number of nitrogens with zero attached hydrogens (tertiary/aromatic N) is 1. The molecule has 4 amide bonds. The van der Waals surface area contributed by atoms with E-state index in [1.807, 2.05) is 42.5 Å². The normalized spacial score (nSPS) is 22.6. The number of carbonyl (C=O) groups excluding carboxylic acids is 3. The Morgan fingerprint density at radius 3 is 2.53 bits per heavy atom. The Bertz CT molecular complexity index is 937. The standard InChI is InChI=1S/C22H26N4O3S/c1-15(27)23-19-8-7-18(30-19)14-26-11-9-17(10-12-26)22(20(28)24-21(29)25-22)13-16-5-3-2-4-6-16/h2-8,17H,9-14H2,1H3,(H,23,27)(H2,24,25,28,29). The highest BCUT2D eigenvalue weighted by Gasteiger charge is 2.52. The zero-order valence-corrected chi connectivity index (χ0v) is 17.8. The molecule has 1 unspecified atom stereocenters. The molecule has 2 saturated heterocycles. The lowest BCUT2D eigenvalue weighted by molar-refractivity contribution is -0.126. The van der Waals surface area contributed by atoms with Crippen molar-refractivity contribution in [2.24, 2.45) is 5.92 Å². The molecule has 158 valence electrons. The molecule has 1 aromatic carbocycles. The highest BCUT2D eigenvalue weighted by atomic mass is 32.1. The molecule has 2 aliphatic heterocycles. The summed E-state index contributed by atoms with van der Waals surface area (Å²) in [6.07, 6.45) is 2.18. The third kappa shape index (κ3) is 4.39. The molecule has 0 aliphatic carbocycles. The fourth-order valence-electron chi connectivity index (χ4n) is 4.49. The summed E-state index contributed by atoms with van der Waals surface area (Å²) in [5.41, 5.74) is 0.160. The van der Waals surface area contributed by atoms with Crippen LogP contribution in [0, 0.1) is 5.92 Å². The number of piperidine rings is 1. The SMILES string of the molecule is CC(=O)Nc1ccc(CN2CCC(C3(Cc4ccccc4)NC(=O)NC3=O)CC2)s1. The van der Waals surface area contributed by atoms with E-state index in [1.165, 1.54) is 11.8 Å². The van der Waals surface area contributed by atoms with Gasteiger partial charge in [0.25, 0.3) is 5.91 Å². The molecule has 3 heterocycles. The Morgan fingerprint density at radius 1 is 1.17 bits per heavy atom. The van der Waals surface area contributed by atoms with E-state index in [1.54, 1.807) is 11.3 Å². The number of benzene rings is 1. The van der Waals surface area contributed by atoms with E-state index in [-0.39, 0.29) is 17.7 Å². The first-order valence-corrected chi connectivity index (χ1v) is 11.0. The van der Waals surface area contributed by atoms with Crippen LogP contribution in [0.5, 0.6) is 0 Å². The number of amides is 4. The topological polar surface area (TPSA) is 90.5 Å². The molecular formula is C22H26N4O3S. The summed E-state index contributed by atoms with van der Waals surface area (Å²) in [5, 5.41) is 9.11. The Morgan fingerprint density at radius 2 is 1.90 bits per heavy atom. The number of urea groups is 1. The van der Waals surface area contributed by atoms with Crippen molar-refractivity contribution in [1.82, 2.24) is 15.5 Å². The average Bonchev–Trinajstić information content (AvgIpc) is 3.26. The van der Waals surface area contributed by atoms with Crippen LogP contribution in [-0.2, 0) is 22.6 Å². The zero-order chi connectivity index (χ0) is 21.1. The predicted molar refractivity (Wildman–Crippen MR) is 116 cm³/mol. The van der Waals surface area contributed by atoms with Crippen molar-refractivity contribution >= 4 is 34.2 Å². The molecule has 0 saturated carbocycles. The summed E-state index contributed by atoms with van der Waals surface area (Å²) in [4.78, 5) is 39.6. The van der Waals surface area contributed by atoms with Crippen LogP contribution >= 0.6 is 11.3 Å². The first kappa shape index (κ1) is 20.6. The second kappa shape index (κ2) is 8.57. The Kier molecular flexibility index (Phi) is 5.87. The van der Waals surface area contributed by atoms with Crippen molar-refractivity contribution in [1.29, 1.82) is 0 Å². The molecular weight excluding hydrogens is 400 g/mol. The molecule has 2 aliphatic rings. The predicted octanol–water partition coefficient (Wildman–Crippen LogP) is 2.74. The average molecular weight is 427 g/mol. The number of hydrogen-bond donors (Lipinski definition) is 3. The van der Waals surface area contributed by atoms with Crippen molar-refractivity contribution in [3.8, 4) is 0 Å². The molecule has 8 heteroatoms. The first-order valence-electron chi connectivity index (χ1n) is 10.2. The third-order valence-corrected chi connectivity index (χ3v) is 6.90. The molecule has 4 rings (SSSR count). The number of thiophene rings is 1. The van der Waals surface area contributed by atoms with Gasteiger partial charge < -0.3 is 10.6 Å². The maximum absolute atomic E-state index is 12.8. The van der Waals surface area contributed by atoms with Crippen molar-refractivity contribution in [3.05, 3.63) is 52.9 Å². The van der Waals surface area contributed by atoms with Crippen LogP contribution in [0.3, 0.4) is 0 Å². The van der Waals surface area contributed by atoms with E-state index < -0.39 is 11.6 Å². The number of rotatable bonds is 6. The molecule has 0 bridgehead atoms. The highest BCUT2D eigenvalue weighted by molar-refractivity contribution is 7.16. The molecule has 1 aromatic heterocycles. The zero-order valence-electron chi connectivity index (χ0n) is 16.9. The van der Waals surface area contributed by atoms with E-state index in [4.69, 9.17) is 0 Å². The Balaban J connectivity index is 1.42. The van der Waals surface area contributed by atoms with E-state index in [2.05, 4.69) is 20.9 Å². The van der Waals surface area contributed by atoms with Gasteiger partial charge in [0, 0.05) is 24.8 Å². The van der Waals surface area contributed by atoms with Gasteiger partial charge in [0.05, 0.1) is 5.00 Å². The quantitative estimate of drug-likeness (QED) is 0.620. The van der Waals surface area contributed by atoms with Gasteiger partial charge in [-0.2, -0.15) is 0 Å². The molecule has 1 atom stereocenters. The largest absolute Gasteiger partial charge is 0.323 e. The number of imide groups is 1. The van der Waals surface area contributed by atoms with Gasteiger partial charge in [-0.3, -0.25) is 19.8 Å². The lowest BCUT2D eigenvalue weighted by Crippen LogP contribution is -2.57. The Hall–Kier alpha value is -2.71. The van der Waals surface area contributed by atoms with Gasteiger partial charge in [0.2, 0.25) is 5.91 Å². The second-order valence-corrected chi connectivity index (χ2v) is 9.21. The number of hydrogen-bond acceptors (Lipinski definition) is 5. The minimum atomic E-state index is -0.883. The number of likely N-dealkylation sites (tertiary alicyclic amines) is 1. The van der Waals surface area contributed by atoms with Crippen molar-refractivity contribution in [2.75, 3.05) is 18.4 Å². The van der Waals surface area contributed by atoms with E-state index in [9.17, 15) is 14.4 Å². The molecule has 2 aromatic rings. The monoisotopic (exact) mass is 426 g/mol. The summed E-state index contributed by atoms with van der Waals surface area (Å²) in [7, 11) is 0. The van der Waals surface area contributed by atoms with E-state index in [0.29, 0.717) is 6.42 Å². The summed E-state index contributed by atoms with van der Waals surface area (Å²) in [6, 6.07) is 13.4. The fraction of sp³-hybridized carbons (Fsp3) is 0.409. The second-order valence-electron chi connectivity index (χ2n) is 8.04. The summed E-state index contributed by atoms with van der Waals surface area (Å²) in [5.74, 6) is -0.198. The molecule has 7 nitrogen and oxygen atoms in total. The van der Waals surface area contributed by atoms with Crippen molar-refractivity contribution < 1.29 is 14.4 Å².